The zero-order chi connectivity index (χ0) is 11.2. The van der Waals surface area contributed by atoms with Crippen molar-refractivity contribution in [1.29, 1.82) is 0 Å². The number of halogens is 2. The second-order valence-electron chi connectivity index (χ2n) is 3.24. The van der Waals surface area contributed by atoms with Gasteiger partial charge in [-0.1, -0.05) is 10.5 Å². The monoisotopic (exact) mass is 211 g/mol. The first kappa shape index (κ1) is 9.64. The third-order valence-corrected chi connectivity index (χ3v) is 2.24. The summed E-state index contributed by atoms with van der Waals surface area (Å²) >= 11 is 0. The molecule has 0 spiro atoms. The molecule has 0 aromatic rings. The highest BCUT2D eigenvalue weighted by atomic mass is 19.2. The lowest BCUT2D eigenvalue weighted by Gasteiger charge is -2.11. The van der Waals surface area contributed by atoms with E-state index in [1.165, 1.54) is 12.1 Å². The summed E-state index contributed by atoms with van der Waals surface area (Å²) in [7, 11) is 0. The molecule has 0 amide bonds. The number of hydrogen-bond acceptors (Lipinski definition) is 2. The van der Waals surface area contributed by atoms with Gasteiger partial charge in [0.05, 0.1) is 11.3 Å². The molecule has 1 aliphatic heterocycles. The Hall–Kier alpha value is -1.91. The fourth-order valence-corrected chi connectivity index (χ4v) is 1.49. The summed E-state index contributed by atoms with van der Waals surface area (Å²) in [6.07, 6.45) is 0. The van der Waals surface area contributed by atoms with Crippen molar-refractivity contribution in [3.05, 3.63) is 39.9 Å². The fraction of sp³-hybridized carbons (Fsp3) is 0.100. The van der Waals surface area contributed by atoms with Crippen LogP contribution in [0.5, 0.6) is 5.75 Å². The molecule has 0 saturated heterocycles. The molecule has 0 radical (unpaired) electrons. The summed E-state index contributed by atoms with van der Waals surface area (Å²) in [4.78, 5) is 11.0. The van der Waals surface area contributed by atoms with Crippen LogP contribution in [0.25, 0.3) is 11.3 Å². The molecule has 0 aromatic heterocycles. The highest BCUT2D eigenvalue weighted by Gasteiger charge is 2.19. The summed E-state index contributed by atoms with van der Waals surface area (Å²) in [5, 5.41) is 9.04. The van der Waals surface area contributed by atoms with Crippen LogP contribution in [0.3, 0.4) is 0 Å². The summed E-state index contributed by atoms with van der Waals surface area (Å²) in [6.45, 7) is 1.55. The molecule has 78 valence electrons. The van der Waals surface area contributed by atoms with E-state index in [0.29, 0.717) is 5.56 Å². The molecule has 3 nitrogen and oxygen atoms in total. The number of aromatic hydroxyl groups is 1. The van der Waals surface area contributed by atoms with Gasteiger partial charge in [-0.15, -0.1) is 4.79 Å². The lowest BCUT2D eigenvalue weighted by atomic mass is 10.0. The van der Waals surface area contributed by atoms with Crippen molar-refractivity contribution in [2.45, 2.75) is 6.92 Å². The van der Waals surface area contributed by atoms with Crippen LogP contribution in [-0.4, -0.2) is 9.90 Å². The molecule has 0 bridgehead atoms. The normalized spacial score (nSPS) is 10.9. The van der Waals surface area contributed by atoms with E-state index in [4.69, 9.17) is 5.11 Å². The molecule has 1 N–H and O–H groups in total. The molecular weight excluding hydrogens is 204 g/mol. The first-order valence-corrected chi connectivity index (χ1v) is 4.22. The van der Waals surface area contributed by atoms with Gasteiger partial charge in [0, 0.05) is 0 Å². The molecule has 2 rings (SSSR count). The minimum absolute atomic E-state index is 0.0450. The SMILES string of the molecule is Cc1ccc(=O)c2cc(O)c(F)n(F)c1-2. The average Bonchev–Trinajstić information content (AvgIpc) is 2.20. The van der Waals surface area contributed by atoms with Crippen molar-refractivity contribution in [1.82, 2.24) is 4.79 Å². The zero-order valence-electron chi connectivity index (χ0n) is 7.79. The molecule has 1 heterocycles. The van der Waals surface area contributed by atoms with Gasteiger partial charge in [0.2, 0.25) is 0 Å². The Bertz CT molecular complexity index is 562. The molecule has 0 atom stereocenters. The largest absolute Gasteiger partial charge is 0.504 e. The Morgan fingerprint density at radius 1 is 1.40 bits per heavy atom. The molecule has 0 saturated carbocycles. The number of aromatic nitrogens is 1. The van der Waals surface area contributed by atoms with Gasteiger partial charge >= 0.3 is 0 Å². The van der Waals surface area contributed by atoms with E-state index in [1.807, 2.05) is 0 Å². The van der Waals surface area contributed by atoms with Gasteiger partial charge in [-0.25, -0.2) is 0 Å². The number of hydrogen-bond donors (Lipinski definition) is 1. The van der Waals surface area contributed by atoms with Gasteiger partial charge in [-0.05, 0) is 24.6 Å². The first-order chi connectivity index (χ1) is 7.02. The van der Waals surface area contributed by atoms with Crippen LogP contribution in [0.15, 0.2) is 23.0 Å². The van der Waals surface area contributed by atoms with Crippen LogP contribution in [0.4, 0.5) is 8.87 Å². The maximum atomic E-state index is 13.3. The Labute approximate surface area is 83.5 Å². The van der Waals surface area contributed by atoms with Gasteiger partial charge in [-0.3, -0.25) is 4.79 Å². The van der Waals surface area contributed by atoms with Crippen LogP contribution < -0.4 is 5.43 Å². The van der Waals surface area contributed by atoms with Crippen molar-refractivity contribution in [2.24, 2.45) is 0 Å². The van der Waals surface area contributed by atoms with Crippen LogP contribution in [-0.2, 0) is 0 Å². The summed E-state index contributed by atoms with van der Waals surface area (Å²) < 4.78 is 26.4. The smallest absolute Gasteiger partial charge is 0.264 e. The maximum Gasteiger partial charge on any atom is 0.264 e. The van der Waals surface area contributed by atoms with Crippen LogP contribution >= 0.6 is 0 Å². The Kier molecular flexibility index (Phi) is 1.96. The van der Waals surface area contributed by atoms with Crippen LogP contribution in [0.1, 0.15) is 5.56 Å². The summed E-state index contributed by atoms with van der Waals surface area (Å²) in [6, 6.07) is 3.57. The first-order valence-electron chi connectivity index (χ1n) is 4.22. The zero-order valence-corrected chi connectivity index (χ0v) is 7.79. The van der Waals surface area contributed by atoms with Crippen molar-refractivity contribution < 1.29 is 14.0 Å². The third kappa shape index (κ3) is 1.27. The molecule has 1 aliphatic carbocycles. The molecule has 5 heteroatoms. The molecule has 2 aliphatic rings. The van der Waals surface area contributed by atoms with Gasteiger partial charge in [0.25, 0.3) is 5.95 Å². The topological polar surface area (TPSA) is 42.2 Å². The number of fused-ring (bicyclic) bond motifs is 1. The molecular formula is C10H7F2NO2. The standard InChI is InChI=1S/C10H7F2NO2/c1-5-2-3-7(14)6-4-8(15)10(11)13(12)9(5)6/h2-4,15H,1H3. The third-order valence-electron chi connectivity index (χ3n) is 2.24. The fourth-order valence-electron chi connectivity index (χ4n) is 1.49. The van der Waals surface area contributed by atoms with E-state index in [0.717, 1.165) is 6.07 Å². The average molecular weight is 211 g/mol. The van der Waals surface area contributed by atoms with Gasteiger partial charge in [-0.2, -0.15) is 4.39 Å². The second kappa shape index (κ2) is 3.05. The molecule has 15 heavy (non-hydrogen) atoms. The van der Waals surface area contributed by atoms with Gasteiger partial charge in [0.1, 0.15) is 0 Å². The highest BCUT2D eigenvalue weighted by Crippen LogP contribution is 2.29. The number of pyridine rings is 1. The van der Waals surface area contributed by atoms with Crippen molar-refractivity contribution in [3.8, 4) is 17.0 Å². The van der Waals surface area contributed by atoms with Crippen molar-refractivity contribution in [3.63, 3.8) is 0 Å². The number of nitrogens with zero attached hydrogens (tertiary/aromatic N) is 1. The number of aryl methyl sites for hydroxylation is 1. The Balaban J connectivity index is 3.03. The molecule has 0 fully saturated rings. The lowest BCUT2D eigenvalue weighted by molar-refractivity contribution is 0.275. The van der Waals surface area contributed by atoms with E-state index in [-0.39, 0.29) is 16.0 Å². The van der Waals surface area contributed by atoms with Crippen LogP contribution in [0.2, 0.25) is 0 Å². The molecule has 0 unspecified atom stereocenters. The Morgan fingerprint density at radius 3 is 2.73 bits per heavy atom. The van der Waals surface area contributed by atoms with E-state index in [9.17, 15) is 13.7 Å². The number of rotatable bonds is 0. The van der Waals surface area contributed by atoms with Crippen molar-refractivity contribution in [2.75, 3.05) is 0 Å². The van der Waals surface area contributed by atoms with E-state index in [1.54, 1.807) is 6.92 Å². The van der Waals surface area contributed by atoms with Crippen LogP contribution in [0, 0.1) is 12.9 Å². The van der Waals surface area contributed by atoms with Crippen molar-refractivity contribution >= 4 is 0 Å². The highest BCUT2D eigenvalue weighted by molar-refractivity contribution is 5.66. The van der Waals surface area contributed by atoms with E-state index in [2.05, 4.69) is 0 Å². The predicted octanol–water partition coefficient (Wildman–Crippen LogP) is 1.84. The second-order valence-corrected chi connectivity index (χ2v) is 3.24. The predicted molar refractivity (Wildman–Crippen MR) is 50.2 cm³/mol. The lowest BCUT2D eigenvalue weighted by Crippen LogP contribution is -2.11. The number of benzene rings is 1. The quantitative estimate of drug-likeness (QED) is 0.675. The molecule has 0 aromatic carbocycles. The minimum atomic E-state index is -1.41. The minimum Gasteiger partial charge on any atom is -0.504 e. The summed E-state index contributed by atoms with van der Waals surface area (Å²) in [5.74, 6) is -2.29. The van der Waals surface area contributed by atoms with Gasteiger partial charge in [0.15, 0.2) is 11.2 Å². The summed E-state index contributed by atoms with van der Waals surface area (Å²) in [5.41, 5.74) is -0.238. The van der Waals surface area contributed by atoms with Gasteiger partial charge < -0.3 is 5.11 Å². The van der Waals surface area contributed by atoms with E-state index < -0.39 is 17.1 Å². The van der Waals surface area contributed by atoms with E-state index >= 15 is 0 Å². The maximum absolute atomic E-state index is 13.3. The Morgan fingerprint density at radius 2 is 2.07 bits per heavy atom.